The zero-order chi connectivity index (χ0) is 15.9. The van der Waals surface area contributed by atoms with Crippen LogP contribution < -0.4 is 5.32 Å². The third-order valence-corrected chi connectivity index (χ3v) is 4.48. The highest BCUT2D eigenvalue weighted by Gasteiger charge is 2.25. The third-order valence-electron chi connectivity index (χ3n) is 3.89. The van der Waals surface area contributed by atoms with Gasteiger partial charge in [0.2, 0.25) is 5.91 Å². The molecule has 1 N–H and O–H groups in total. The van der Waals surface area contributed by atoms with E-state index in [1.807, 2.05) is 12.1 Å². The summed E-state index contributed by atoms with van der Waals surface area (Å²) in [4.78, 5) is 14.4. The Morgan fingerprint density at radius 3 is 3.00 bits per heavy atom. The van der Waals surface area contributed by atoms with Crippen molar-refractivity contribution in [2.45, 2.75) is 19.4 Å². The highest BCUT2D eigenvalue weighted by molar-refractivity contribution is 6.35. The number of carbonyl (C=O) groups is 1. The quantitative estimate of drug-likeness (QED) is 0.806. The Kier molecular flexibility index (Phi) is 6.96. The number of piperidine rings is 1. The molecular weight excluding hydrogens is 323 g/mol. The lowest BCUT2D eigenvalue weighted by molar-refractivity contribution is -0.127. The summed E-state index contributed by atoms with van der Waals surface area (Å²) in [6.07, 6.45) is 1.96. The molecule has 1 heterocycles. The van der Waals surface area contributed by atoms with E-state index in [2.05, 4.69) is 10.2 Å². The fourth-order valence-corrected chi connectivity index (χ4v) is 3.19. The van der Waals surface area contributed by atoms with E-state index in [4.69, 9.17) is 27.9 Å². The van der Waals surface area contributed by atoms with Crippen molar-refractivity contribution in [2.24, 2.45) is 5.92 Å². The minimum atomic E-state index is 0.0386. The first-order valence-corrected chi connectivity index (χ1v) is 8.28. The van der Waals surface area contributed by atoms with Gasteiger partial charge in [-0.05, 0) is 37.1 Å². The predicted octanol–water partition coefficient (Wildman–Crippen LogP) is 2.97. The molecule has 1 atom stereocenters. The molecule has 4 nitrogen and oxygen atoms in total. The molecule has 0 saturated carbocycles. The van der Waals surface area contributed by atoms with E-state index in [1.54, 1.807) is 13.2 Å². The number of amides is 1. The molecule has 1 aliphatic rings. The molecule has 0 aliphatic carbocycles. The lowest BCUT2D eigenvalue weighted by Gasteiger charge is -2.32. The van der Waals surface area contributed by atoms with E-state index in [0.717, 1.165) is 38.0 Å². The van der Waals surface area contributed by atoms with Crippen molar-refractivity contribution in [2.75, 3.05) is 33.4 Å². The maximum atomic E-state index is 12.1. The largest absolute Gasteiger partial charge is 0.383 e. The zero-order valence-electron chi connectivity index (χ0n) is 12.8. The molecule has 0 spiro atoms. The van der Waals surface area contributed by atoms with Crippen LogP contribution in [-0.4, -0.2) is 44.2 Å². The lowest BCUT2D eigenvalue weighted by Crippen LogP contribution is -2.43. The third kappa shape index (κ3) is 5.13. The Morgan fingerprint density at radius 2 is 2.27 bits per heavy atom. The summed E-state index contributed by atoms with van der Waals surface area (Å²) in [6, 6.07) is 5.56. The van der Waals surface area contributed by atoms with Gasteiger partial charge in [0.15, 0.2) is 0 Å². The second-order valence-electron chi connectivity index (χ2n) is 5.59. The number of likely N-dealkylation sites (tertiary alicyclic amines) is 1. The molecule has 22 heavy (non-hydrogen) atoms. The summed E-state index contributed by atoms with van der Waals surface area (Å²) in [6.45, 7) is 3.60. The molecule has 1 aromatic carbocycles. The van der Waals surface area contributed by atoms with Crippen LogP contribution in [0.1, 0.15) is 18.4 Å². The Hall–Kier alpha value is -0.810. The van der Waals surface area contributed by atoms with E-state index in [9.17, 15) is 4.79 Å². The van der Waals surface area contributed by atoms with Crippen LogP contribution in [0.4, 0.5) is 0 Å². The minimum absolute atomic E-state index is 0.0386. The van der Waals surface area contributed by atoms with Gasteiger partial charge in [-0.3, -0.25) is 9.69 Å². The summed E-state index contributed by atoms with van der Waals surface area (Å²) < 4.78 is 4.95. The minimum Gasteiger partial charge on any atom is -0.383 e. The van der Waals surface area contributed by atoms with Crippen LogP contribution in [0.25, 0.3) is 0 Å². The van der Waals surface area contributed by atoms with Crippen molar-refractivity contribution in [1.82, 2.24) is 10.2 Å². The maximum Gasteiger partial charge on any atom is 0.224 e. The highest BCUT2D eigenvalue weighted by atomic mass is 35.5. The molecule has 0 aromatic heterocycles. The lowest BCUT2D eigenvalue weighted by atomic mass is 9.96. The van der Waals surface area contributed by atoms with Gasteiger partial charge >= 0.3 is 0 Å². The van der Waals surface area contributed by atoms with Gasteiger partial charge in [-0.2, -0.15) is 0 Å². The van der Waals surface area contributed by atoms with Crippen molar-refractivity contribution < 1.29 is 9.53 Å². The van der Waals surface area contributed by atoms with Crippen molar-refractivity contribution in [3.8, 4) is 0 Å². The van der Waals surface area contributed by atoms with Crippen LogP contribution in [0.5, 0.6) is 0 Å². The number of nitrogens with one attached hydrogen (secondary N) is 1. The molecule has 1 aliphatic heterocycles. The van der Waals surface area contributed by atoms with E-state index < -0.39 is 0 Å². The summed E-state index contributed by atoms with van der Waals surface area (Å²) in [5, 5.41) is 4.24. The smallest absolute Gasteiger partial charge is 0.224 e. The number of rotatable bonds is 6. The van der Waals surface area contributed by atoms with Crippen LogP contribution >= 0.6 is 23.2 Å². The van der Waals surface area contributed by atoms with Gasteiger partial charge in [-0.1, -0.05) is 29.3 Å². The topological polar surface area (TPSA) is 41.6 Å². The Labute approximate surface area is 141 Å². The molecule has 122 valence electrons. The molecule has 1 aromatic rings. The number of hydrogen-bond acceptors (Lipinski definition) is 3. The van der Waals surface area contributed by atoms with Gasteiger partial charge in [0, 0.05) is 36.8 Å². The fourth-order valence-electron chi connectivity index (χ4n) is 2.72. The predicted molar refractivity (Wildman–Crippen MR) is 89.3 cm³/mol. The Bertz CT molecular complexity index is 511. The molecule has 0 bridgehead atoms. The van der Waals surface area contributed by atoms with Gasteiger partial charge in [0.25, 0.3) is 0 Å². The van der Waals surface area contributed by atoms with Crippen molar-refractivity contribution >= 4 is 29.1 Å². The van der Waals surface area contributed by atoms with Crippen LogP contribution in [0.3, 0.4) is 0 Å². The molecular formula is C16H22Cl2N2O2. The standard InChI is InChI=1S/C16H22Cl2N2O2/c1-22-8-6-19-16(21)13-3-2-7-20(11-13)10-12-4-5-14(17)9-15(12)18/h4-5,9,13H,2-3,6-8,10-11H2,1H3,(H,19,21)/t13-/m0/s1. The summed E-state index contributed by atoms with van der Waals surface area (Å²) in [5.41, 5.74) is 1.05. The second-order valence-corrected chi connectivity index (χ2v) is 6.44. The van der Waals surface area contributed by atoms with Gasteiger partial charge in [-0.15, -0.1) is 0 Å². The van der Waals surface area contributed by atoms with E-state index in [-0.39, 0.29) is 11.8 Å². The van der Waals surface area contributed by atoms with Gasteiger partial charge in [0.1, 0.15) is 0 Å². The molecule has 1 fully saturated rings. The van der Waals surface area contributed by atoms with Crippen LogP contribution in [0.2, 0.25) is 10.0 Å². The monoisotopic (exact) mass is 344 g/mol. The van der Waals surface area contributed by atoms with Gasteiger partial charge < -0.3 is 10.1 Å². The molecule has 0 unspecified atom stereocenters. The number of carbonyl (C=O) groups excluding carboxylic acids is 1. The Morgan fingerprint density at radius 1 is 1.45 bits per heavy atom. The maximum absolute atomic E-state index is 12.1. The number of benzene rings is 1. The Balaban J connectivity index is 1.88. The fraction of sp³-hybridized carbons (Fsp3) is 0.562. The van der Waals surface area contributed by atoms with Gasteiger partial charge in [-0.25, -0.2) is 0 Å². The van der Waals surface area contributed by atoms with Crippen molar-refractivity contribution in [1.29, 1.82) is 0 Å². The van der Waals surface area contributed by atoms with E-state index in [1.165, 1.54) is 0 Å². The summed E-state index contributed by atoms with van der Waals surface area (Å²) >= 11 is 12.2. The SMILES string of the molecule is COCCNC(=O)[C@H]1CCCN(Cc2ccc(Cl)cc2Cl)C1. The first-order valence-electron chi connectivity index (χ1n) is 7.53. The number of nitrogens with zero attached hydrogens (tertiary/aromatic N) is 1. The number of hydrogen-bond donors (Lipinski definition) is 1. The number of halogens is 2. The number of ether oxygens (including phenoxy) is 1. The van der Waals surface area contributed by atoms with Gasteiger partial charge in [0.05, 0.1) is 12.5 Å². The highest BCUT2D eigenvalue weighted by Crippen LogP contribution is 2.24. The molecule has 1 amide bonds. The second kappa shape index (κ2) is 8.73. The molecule has 2 rings (SSSR count). The molecule has 6 heteroatoms. The first-order chi connectivity index (χ1) is 10.6. The molecule has 0 radical (unpaired) electrons. The van der Waals surface area contributed by atoms with E-state index >= 15 is 0 Å². The number of methoxy groups -OCH3 is 1. The van der Waals surface area contributed by atoms with Crippen LogP contribution in [0.15, 0.2) is 18.2 Å². The van der Waals surface area contributed by atoms with Crippen molar-refractivity contribution in [3.05, 3.63) is 33.8 Å². The average molecular weight is 345 g/mol. The van der Waals surface area contributed by atoms with Crippen LogP contribution in [-0.2, 0) is 16.1 Å². The average Bonchev–Trinajstić information content (AvgIpc) is 2.50. The van der Waals surface area contributed by atoms with Crippen molar-refractivity contribution in [3.63, 3.8) is 0 Å². The molecule has 1 saturated heterocycles. The first kappa shape index (κ1) is 17.5. The summed E-state index contributed by atoms with van der Waals surface area (Å²) in [5.74, 6) is 0.153. The normalized spacial score (nSPS) is 19.1. The van der Waals surface area contributed by atoms with Crippen LogP contribution in [0, 0.1) is 5.92 Å². The zero-order valence-corrected chi connectivity index (χ0v) is 14.3. The van der Waals surface area contributed by atoms with E-state index in [0.29, 0.717) is 23.2 Å². The summed E-state index contributed by atoms with van der Waals surface area (Å²) in [7, 11) is 1.63.